The summed E-state index contributed by atoms with van der Waals surface area (Å²) in [5.41, 5.74) is 2.27. The Morgan fingerprint density at radius 2 is 2.20 bits per heavy atom. The number of hydrogen-bond donors (Lipinski definition) is 2. The Morgan fingerprint density at radius 1 is 1.36 bits per heavy atom. The maximum absolute atomic E-state index is 12.6. The first-order valence-electron chi connectivity index (χ1n) is 8.93. The van der Waals surface area contributed by atoms with E-state index in [4.69, 9.17) is 4.74 Å². The highest BCUT2D eigenvalue weighted by atomic mass is 16.5. The summed E-state index contributed by atoms with van der Waals surface area (Å²) < 4.78 is 4.92. The molecule has 1 aromatic heterocycles. The van der Waals surface area contributed by atoms with Crippen molar-refractivity contribution < 1.29 is 14.3 Å². The smallest absolute Gasteiger partial charge is 0.407 e. The number of carbonyl (C=O) groups is 2. The number of likely N-dealkylation sites (tertiary alicyclic amines) is 1. The van der Waals surface area contributed by atoms with Gasteiger partial charge in [-0.15, -0.1) is 0 Å². The van der Waals surface area contributed by atoms with Crippen molar-refractivity contribution in [2.45, 2.75) is 38.6 Å². The zero-order chi connectivity index (χ0) is 17.6. The Labute approximate surface area is 147 Å². The number of amides is 2. The molecule has 0 spiro atoms. The Hall–Kier alpha value is -2.50. The number of ether oxygens (including phenoxy) is 1. The van der Waals surface area contributed by atoms with Crippen molar-refractivity contribution in [3.8, 4) is 0 Å². The van der Waals surface area contributed by atoms with Crippen molar-refractivity contribution in [2.24, 2.45) is 0 Å². The summed E-state index contributed by atoms with van der Waals surface area (Å²) in [4.78, 5) is 29.2. The van der Waals surface area contributed by atoms with E-state index in [2.05, 4.69) is 16.4 Å². The van der Waals surface area contributed by atoms with E-state index < -0.39 is 6.09 Å². The number of rotatable bonds is 5. The van der Waals surface area contributed by atoms with Crippen LogP contribution < -0.4 is 5.32 Å². The molecule has 2 N–H and O–H groups in total. The number of aromatic nitrogens is 1. The predicted molar refractivity (Wildman–Crippen MR) is 96.4 cm³/mol. The van der Waals surface area contributed by atoms with Crippen molar-refractivity contribution in [3.05, 3.63) is 36.0 Å². The fourth-order valence-corrected chi connectivity index (χ4v) is 3.40. The maximum atomic E-state index is 12.6. The van der Waals surface area contributed by atoms with Crippen LogP contribution in [-0.2, 0) is 16.0 Å². The molecule has 1 fully saturated rings. The molecule has 1 atom stereocenters. The highest BCUT2D eigenvalue weighted by Gasteiger charge is 2.25. The van der Waals surface area contributed by atoms with Gasteiger partial charge < -0.3 is 19.9 Å². The van der Waals surface area contributed by atoms with E-state index in [1.165, 1.54) is 10.9 Å². The number of fused-ring (bicyclic) bond motifs is 1. The number of nitrogens with one attached hydrogen (secondary N) is 2. The van der Waals surface area contributed by atoms with Crippen LogP contribution in [0.4, 0.5) is 4.79 Å². The van der Waals surface area contributed by atoms with E-state index in [0.29, 0.717) is 19.6 Å². The summed E-state index contributed by atoms with van der Waals surface area (Å²) in [6.45, 7) is 3.45. The summed E-state index contributed by atoms with van der Waals surface area (Å²) in [6.07, 6.45) is 4.56. The number of benzene rings is 1. The standard InChI is InChI=1S/C19H25N3O3/c1-2-25-19(24)21-15-6-5-11-22(13-15)18(23)10-9-14-12-20-17-8-4-3-7-16(14)17/h3-4,7-8,12,15,20H,2,5-6,9-11,13H2,1H3,(H,21,24)/t15-/m0/s1. The SMILES string of the molecule is CCOC(=O)N[C@H]1CCCN(C(=O)CCc2c[nH]c3ccccc23)C1. The lowest BCUT2D eigenvalue weighted by molar-refractivity contribution is -0.132. The van der Waals surface area contributed by atoms with Crippen LogP contribution in [-0.4, -0.2) is 47.6 Å². The fourth-order valence-electron chi connectivity index (χ4n) is 3.40. The van der Waals surface area contributed by atoms with Crippen LogP contribution in [0.25, 0.3) is 10.9 Å². The zero-order valence-corrected chi connectivity index (χ0v) is 14.6. The number of aromatic amines is 1. The molecule has 0 saturated carbocycles. The summed E-state index contributed by atoms with van der Waals surface area (Å²) in [6, 6.07) is 8.10. The van der Waals surface area contributed by atoms with Gasteiger partial charge in [-0.05, 0) is 37.8 Å². The largest absolute Gasteiger partial charge is 0.450 e. The van der Waals surface area contributed by atoms with Crippen molar-refractivity contribution in [1.82, 2.24) is 15.2 Å². The Kier molecular flexibility index (Phi) is 5.58. The van der Waals surface area contributed by atoms with Gasteiger partial charge in [-0.1, -0.05) is 18.2 Å². The Balaban J connectivity index is 1.53. The summed E-state index contributed by atoms with van der Waals surface area (Å²) in [5.74, 6) is 0.139. The zero-order valence-electron chi connectivity index (χ0n) is 14.6. The minimum atomic E-state index is -0.402. The molecule has 1 aliphatic rings. The predicted octanol–water partition coefficient (Wildman–Crippen LogP) is 2.84. The van der Waals surface area contributed by atoms with Gasteiger partial charge in [0.15, 0.2) is 0 Å². The fraction of sp³-hybridized carbons (Fsp3) is 0.474. The molecule has 134 valence electrons. The lowest BCUT2D eigenvalue weighted by Gasteiger charge is -2.33. The first-order chi connectivity index (χ1) is 12.2. The first-order valence-corrected chi connectivity index (χ1v) is 8.93. The molecule has 6 nitrogen and oxygen atoms in total. The number of para-hydroxylation sites is 1. The second-order valence-corrected chi connectivity index (χ2v) is 6.40. The van der Waals surface area contributed by atoms with Crippen molar-refractivity contribution in [3.63, 3.8) is 0 Å². The molecule has 3 rings (SSSR count). The summed E-state index contributed by atoms with van der Waals surface area (Å²) in [5, 5.41) is 4.02. The average Bonchev–Trinajstić information content (AvgIpc) is 3.03. The van der Waals surface area contributed by atoms with Gasteiger partial charge in [-0.2, -0.15) is 0 Å². The van der Waals surface area contributed by atoms with Gasteiger partial charge in [-0.3, -0.25) is 4.79 Å². The van der Waals surface area contributed by atoms with Crippen LogP contribution in [0.3, 0.4) is 0 Å². The number of alkyl carbamates (subject to hydrolysis) is 1. The Morgan fingerprint density at radius 3 is 3.04 bits per heavy atom. The van der Waals surface area contributed by atoms with Crippen molar-refractivity contribution in [1.29, 1.82) is 0 Å². The van der Waals surface area contributed by atoms with E-state index in [9.17, 15) is 9.59 Å². The molecule has 1 aromatic carbocycles. The average molecular weight is 343 g/mol. The van der Waals surface area contributed by atoms with Crippen LogP contribution in [0.15, 0.2) is 30.5 Å². The number of carbonyl (C=O) groups excluding carboxylic acids is 2. The Bertz CT molecular complexity index is 740. The van der Waals surface area contributed by atoms with Gasteiger partial charge in [-0.25, -0.2) is 4.79 Å². The van der Waals surface area contributed by atoms with E-state index >= 15 is 0 Å². The molecule has 25 heavy (non-hydrogen) atoms. The molecule has 6 heteroatoms. The summed E-state index contributed by atoms with van der Waals surface area (Å²) >= 11 is 0. The third-order valence-electron chi connectivity index (χ3n) is 4.65. The van der Waals surface area contributed by atoms with E-state index in [0.717, 1.165) is 31.3 Å². The molecule has 1 aliphatic heterocycles. The number of hydrogen-bond acceptors (Lipinski definition) is 3. The molecule has 0 aliphatic carbocycles. The number of nitrogens with zero attached hydrogens (tertiary/aromatic N) is 1. The molecule has 2 amide bonds. The second kappa shape index (κ2) is 8.05. The van der Waals surface area contributed by atoms with Crippen molar-refractivity contribution in [2.75, 3.05) is 19.7 Å². The monoisotopic (exact) mass is 343 g/mol. The first kappa shape index (κ1) is 17.3. The van der Waals surface area contributed by atoms with Gasteiger partial charge in [0.2, 0.25) is 5.91 Å². The van der Waals surface area contributed by atoms with E-state index in [1.807, 2.05) is 29.3 Å². The molecular weight excluding hydrogens is 318 g/mol. The maximum Gasteiger partial charge on any atom is 0.407 e. The second-order valence-electron chi connectivity index (χ2n) is 6.40. The third-order valence-corrected chi connectivity index (χ3v) is 4.65. The van der Waals surface area contributed by atoms with Gasteiger partial charge >= 0.3 is 6.09 Å². The normalized spacial score (nSPS) is 17.5. The minimum absolute atomic E-state index is 0.0233. The molecule has 0 bridgehead atoms. The van der Waals surface area contributed by atoms with Crippen LogP contribution >= 0.6 is 0 Å². The van der Waals surface area contributed by atoms with Crippen LogP contribution in [0.2, 0.25) is 0 Å². The lowest BCUT2D eigenvalue weighted by atomic mass is 10.0. The molecule has 2 heterocycles. The number of piperidine rings is 1. The van der Waals surface area contributed by atoms with Gasteiger partial charge in [0.1, 0.15) is 0 Å². The van der Waals surface area contributed by atoms with E-state index in [1.54, 1.807) is 6.92 Å². The highest BCUT2D eigenvalue weighted by Crippen LogP contribution is 2.20. The molecule has 1 saturated heterocycles. The highest BCUT2D eigenvalue weighted by molar-refractivity contribution is 5.84. The van der Waals surface area contributed by atoms with Crippen LogP contribution in [0.5, 0.6) is 0 Å². The summed E-state index contributed by atoms with van der Waals surface area (Å²) in [7, 11) is 0. The number of aryl methyl sites for hydroxylation is 1. The third kappa shape index (κ3) is 4.32. The van der Waals surface area contributed by atoms with Crippen molar-refractivity contribution >= 4 is 22.9 Å². The lowest BCUT2D eigenvalue weighted by Crippen LogP contribution is -2.49. The molecule has 2 aromatic rings. The van der Waals surface area contributed by atoms with E-state index in [-0.39, 0.29) is 11.9 Å². The van der Waals surface area contributed by atoms with Gasteiger partial charge in [0, 0.05) is 42.7 Å². The molecule has 0 unspecified atom stereocenters. The quantitative estimate of drug-likeness (QED) is 0.877. The van der Waals surface area contributed by atoms with Gasteiger partial charge in [0.05, 0.1) is 6.61 Å². The molecular formula is C19H25N3O3. The topological polar surface area (TPSA) is 74.4 Å². The van der Waals surface area contributed by atoms with Crippen LogP contribution in [0, 0.1) is 0 Å². The molecule has 0 radical (unpaired) electrons. The minimum Gasteiger partial charge on any atom is -0.450 e. The number of H-pyrrole nitrogens is 1. The van der Waals surface area contributed by atoms with Crippen LogP contribution in [0.1, 0.15) is 31.7 Å². The van der Waals surface area contributed by atoms with Gasteiger partial charge in [0.25, 0.3) is 0 Å².